The van der Waals surface area contributed by atoms with Gasteiger partial charge in [0, 0.05) is 12.6 Å². The summed E-state index contributed by atoms with van der Waals surface area (Å²) in [5.74, 6) is -3.96. The quantitative estimate of drug-likeness (QED) is 0.818. The smallest absolute Gasteiger partial charge is 0.387 e. The van der Waals surface area contributed by atoms with Gasteiger partial charge in [0.05, 0.1) is 12.3 Å². The van der Waals surface area contributed by atoms with Crippen molar-refractivity contribution in [2.24, 2.45) is 0 Å². The number of aliphatic carboxylic acids is 1. The van der Waals surface area contributed by atoms with Gasteiger partial charge >= 0.3 is 12.6 Å². The van der Waals surface area contributed by atoms with Crippen LogP contribution in [0.15, 0.2) is 18.2 Å². The lowest BCUT2D eigenvalue weighted by Gasteiger charge is -2.34. The molecule has 126 valence electrons. The maximum absolute atomic E-state index is 13.4. The van der Waals surface area contributed by atoms with Crippen LogP contribution in [0.2, 0.25) is 0 Å². The Morgan fingerprint density at radius 3 is 2.74 bits per heavy atom. The number of nitrogens with zero attached hydrogens (tertiary/aromatic N) is 1. The number of carbonyl (C=O) groups excluding carboxylic acids is 1. The molecule has 0 unspecified atom stereocenters. The molecular weight excluding hydrogens is 323 g/mol. The average Bonchev–Trinajstić information content (AvgIpc) is 2.48. The number of hydrogen-bond donors (Lipinski definition) is 2. The number of alkyl halides is 2. The van der Waals surface area contributed by atoms with E-state index < -0.39 is 42.3 Å². The number of carbonyl (C=O) groups is 2. The fraction of sp³-hybridized carbons (Fsp3) is 0.385. The average molecular weight is 335 g/mol. The maximum Gasteiger partial charge on any atom is 0.387 e. The predicted octanol–water partition coefficient (Wildman–Crippen LogP) is 0.604. The summed E-state index contributed by atoms with van der Waals surface area (Å²) in [6.45, 7) is -3.52. The molecule has 0 spiro atoms. The number of aliphatic hydroxyl groups is 1. The Labute approximate surface area is 127 Å². The van der Waals surface area contributed by atoms with Gasteiger partial charge in [-0.1, -0.05) is 0 Å². The number of amides is 1. The summed E-state index contributed by atoms with van der Waals surface area (Å²) < 4.78 is 47.4. The van der Waals surface area contributed by atoms with Crippen LogP contribution in [0.4, 0.5) is 18.9 Å². The number of carboxylic acids is 1. The number of rotatable bonds is 5. The number of carboxylic acid groups (broad SMARTS) is 1. The van der Waals surface area contributed by atoms with E-state index >= 15 is 0 Å². The van der Waals surface area contributed by atoms with Gasteiger partial charge in [-0.3, -0.25) is 4.79 Å². The maximum atomic E-state index is 13.4. The molecule has 1 saturated heterocycles. The van der Waals surface area contributed by atoms with Gasteiger partial charge in [0.2, 0.25) is 0 Å². The van der Waals surface area contributed by atoms with Crippen molar-refractivity contribution >= 4 is 17.6 Å². The third kappa shape index (κ3) is 3.71. The minimum Gasteiger partial charge on any atom is -0.479 e. The topological polar surface area (TPSA) is 96.3 Å². The first-order valence-corrected chi connectivity index (χ1v) is 6.39. The Kier molecular flexibility index (Phi) is 5.06. The molecule has 0 radical (unpaired) electrons. The molecule has 1 aliphatic rings. The van der Waals surface area contributed by atoms with E-state index in [1.807, 2.05) is 0 Å². The van der Waals surface area contributed by atoms with Crippen molar-refractivity contribution in [1.29, 1.82) is 0 Å². The molecule has 23 heavy (non-hydrogen) atoms. The Bertz CT molecular complexity index is 611. The number of halogens is 3. The molecule has 0 bridgehead atoms. The van der Waals surface area contributed by atoms with Gasteiger partial charge in [0.25, 0.3) is 5.91 Å². The largest absolute Gasteiger partial charge is 0.479 e. The van der Waals surface area contributed by atoms with E-state index in [1.54, 1.807) is 0 Å². The molecule has 2 atom stereocenters. The van der Waals surface area contributed by atoms with Crippen LogP contribution in [0.25, 0.3) is 0 Å². The minimum atomic E-state index is -3.20. The highest BCUT2D eigenvalue weighted by atomic mass is 19.3. The van der Waals surface area contributed by atoms with Gasteiger partial charge in [0.15, 0.2) is 12.2 Å². The second-order valence-corrected chi connectivity index (χ2v) is 4.55. The van der Waals surface area contributed by atoms with Gasteiger partial charge in [-0.2, -0.15) is 8.78 Å². The van der Waals surface area contributed by atoms with Crippen molar-refractivity contribution in [2.75, 3.05) is 18.1 Å². The van der Waals surface area contributed by atoms with Gasteiger partial charge in [-0.05, 0) is 12.1 Å². The molecule has 1 aliphatic heterocycles. The van der Waals surface area contributed by atoms with Crippen molar-refractivity contribution < 1.29 is 42.4 Å². The molecule has 0 aliphatic carbocycles. The summed E-state index contributed by atoms with van der Waals surface area (Å²) >= 11 is 0. The highest BCUT2D eigenvalue weighted by Crippen LogP contribution is 2.32. The normalized spacial score (nSPS) is 19.8. The molecule has 1 amide bonds. The fourth-order valence-corrected chi connectivity index (χ4v) is 2.10. The second kappa shape index (κ2) is 6.84. The monoisotopic (exact) mass is 335 g/mol. The zero-order chi connectivity index (χ0) is 17.1. The fourth-order valence-electron chi connectivity index (χ4n) is 2.10. The first kappa shape index (κ1) is 17.0. The lowest BCUT2D eigenvalue weighted by Crippen LogP contribution is -2.54. The number of hydrogen-bond acceptors (Lipinski definition) is 5. The first-order valence-electron chi connectivity index (χ1n) is 6.39. The van der Waals surface area contributed by atoms with E-state index in [1.165, 1.54) is 0 Å². The van der Waals surface area contributed by atoms with Gasteiger partial charge in [0.1, 0.15) is 11.6 Å². The Balaban J connectivity index is 2.35. The van der Waals surface area contributed by atoms with Crippen molar-refractivity contribution in [3.05, 3.63) is 24.0 Å². The lowest BCUT2D eigenvalue weighted by molar-refractivity contribution is -0.163. The van der Waals surface area contributed by atoms with Crippen molar-refractivity contribution in [3.63, 3.8) is 0 Å². The number of morpholine rings is 1. The van der Waals surface area contributed by atoms with E-state index in [9.17, 15) is 27.9 Å². The second-order valence-electron chi connectivity index (χ2n) is 4.55. The Morgan fingerprint density at radius 1 is 1.43 bits per heavy atom. The zero-order valence-corrected chi connectivity index (χ0v) is 11.5. The third-order valence-corrected chi connectivity index (χ3v) is 3.09. The minimum absolute atomic E-state index is 0.148. The Hall–Kier alpha value is -2.33. The van der Waals surface area contributed by atoms with E-state index in [4.69, 9.17) is 9.84 Å². The van der Waals surface area contributed by atoms with Crippen LogP contribution in [0.3, 0.4) is 0 Å². The summed E-state index contributed by atoms with van der Waals surface area (Å²) in [6.07, 6.45) is -3.87. The summed E-state index contributed by atoms with van der Waals surface area (Å²) in [4.78, 5) is 23.8. The molecule has 10 heteroatoms. The van der Waals surface area contributed by atoms with Crippen LogP contribution in [0.5, 0.6) is 5.75 Å². The standard InChI is InChI=1S/C13H12F3NO6/c14-6-1-2-8(23-13(15)16)7(5-6)17-3-4-22-10(11(17)19)9(18)12(20)21/h1-2,5,9-10,13,18H,3-4H2,(H,20,21)/t9-,10-/m1/s1. The summed E-state index contributed by atoms with van der Waals surface area (Å²) in [5.41, 5.74) is -0.304. The van der Waals surface area contributed by atoms with Crippen LogP contribution in [-0.4, -0.2) is 54.1 Å². The van der Waals surface area contributed by atoms with Crippen molar-refractivity contribution in [2.45, 2.75) is 18.8 Å². The molecule has 0 saturated carbocycles. The molecule has 2 N–H and O–H groups in total. The highest BCUT2D eigenvalue weighted by molar-refractivity contribution is 6.01. The summed E-state index contributed by atoms with van der Waals surface area (Å²) in [6, 6.07) is 2.59. The summed E-state index contributed by atoms with van der Waals surface area (Å²) in [7, 11) is 0. The molecule has 1 fully saturated rings. The SMILES string of the molecule is O=C(O)[C@H](O)[C@H]1OCCN(c2cc(F)ccc2OC(F)F)C1=O. The molecule has 2 rings (SSSR count). The molecular formula is C13H12F3NO6. The van der Waals surface area contributed by atoms with E-state index in [0.29, 0.717) is 0 Å². The number of aliphatic hydroxyl groups excluding tert-OH is 1. The van der Waals surface area contributed by atoms with Gasteiger partial charge in [-0.15, -0.1) is 0 Å². The predicted molar refractivity (Wildman–Crippen MR) is 68.8 cm³/mol. The van der Waals surface area contributed by atoms with Gasteiger partial charge < -0.3 is 24.6 Å². The number of benzene rings is 1. The van der Waals surface area contributed by atoms with E-state index in [2.05, 4.69) is 4.74 Å². The number of ether oxygens (including phenoxy) is 2. The van der Waals surface area contributed by atoms with E-state index in [-0.39, 0.29) is 18.8 Å². The van der Waals surface area contributed by atoms with Gasteiger partial charge in [-0.25, -0.2) is 9.18 Å². The third-order valence-electron chi connectivity index (χ3n) is 3.09. The summed E-state index contributed by atoms with van der Waals surface area (Å²) in [5, 5.41) is 18.2. The zero-order valence-electron chi connectivity index (χ0n) is 11.5. The molecule has 0 aromatic heterocycles. The highest BCUT2D eigenvalue weighted by Gasteiger charge is 2.40. The van der Waals surface area contributed by atoms with Crippen LogP contribution >= 0.6 is 0 Å². The lowest BCUT2D eigenvalue weighted by atomic mass is 10.1. The Morgan fingerprint density at radius 2 is 2.13 bits per heavy atom. The van der Waals surface area contributed by atoms with Crippen molar-refractivity contribution in [1.82, 2.24) is 0 Å². The van der Waals surface area contributed by atoms with Crippen LogP contribution in [0.1, 0.15) is 0 Å². The van der Waals surface area contributed by atoms with Crippen molar-refractivity contribution in [3.8, 4) is 5.75 Å². The molecule has 7 nitrogen and oxygen atoms in total. The van der Waals surface area contributed by atoms with Crippen LogP contribution in [0, 0.1) is 5.82 Å². The van der Waals surface area contributed by atoms with E-state index in [0.717, 1.165) is 23.1 Å². The molecule has 1 aromatic rings. The molecule has 1 aromatic carbocycles. The number of anilines is 1. The molecule has 1 heterocycles. The first-order chi connectivity index (χ1) is 10.8. The van der Waals surface area contributed by atoms with Crippen LogP contribution < -0.4 is 9.64 Å². The van der Waals surface area contributed by atoms with Crippen LogP contribution in [-0.2, 0) is 14.3 Å².